The van der Waals surface area contributed by atoms with Crippen LogP contribution < -0.4 is 15.4 Å². The molecule has 2 aromatic carbocycles. The number of nitrogens with zero attached hydrogens (tertiary/aromatic N) is 1. The maximum atomic E-state index is 12.8. The Labute approximate surface area is 183 Å². The molecule has 1 aliphatic carbocycles. The number of amides is 2. The van der Waals surface area contributed by atoms with Gasteiger partial charge in [-0.15, -0.1) is 11.3 Å². The van der Waals surface area contributed by atoms with Crippen LogP contribution in [0.5, 0.6) is 5.75 Å². The molecule has 6 nitrogen and oxygen atoms in total. The van der Waals surface area contributed by atoms with Crippen LogP contribution in [-0.4, -0.2) is 23.9 Å². The van der Waals surface area contributed by atoms with Crippen molar-refractivity contribution in [1.29, 1.82) is 0 Å². The molecule has 0 saturated heterocycles. The second kappa shape index (κ2) is 8.85. The Balaban J connectivity index is 1.41. The SMILES string of the molecule is COc1ccccc1CNC(=O)C1CCc2sc(NC(=O)c3ccc(Cl)cc3)nc21. The van der Waals surface area contributed by atoms with Crippen LogP contribution in [-0.2, 0) is 17.8 Å². The summed E-state index contributed by atoms with van der Waals surface area (Å²) in [4.78, 5) is 30.8. The molecule has 1 aliphatic rings. The number of ether oxygens (including phenoxy) is 1. The quantitative estimate of drug-likeness (QED) is 0.594. The number of nitrogens with one attached hydrogen (secondary N) is 2. The lowest BCUT2D eigenvalue weighted by Gasteiger charge is -2.12. The summed E-state index contributed by atoms with van der Waals surface area (Å²) < 4.78 is 5.33. The van der Waals surface area contributed by atoms with Gasteiger partial charge in [-0.3, -0.25) is 14.9 Å². The fraction of sp³-hybridized carbons (Fsp3) is 0.227. The van der Waals surface area contributed by atoms with Crippen LogP contribution in [0, 0.1) is 0 Å². The molecule has 0 fully saturated rings. The smallest absolute Gasteiger partial charge is 0.257 e. The zero-order chi connectivity index (χ0) is 21.1. The van der Waals surface area contributed by atoms with Gasteiger partial charge in [-0.05, 0) is 43.2 Å². The molecule has 1 unspecified atom stereocenters. The Morgan fingerprint density at radius 2 is 1.97 bits per heavy atom. The Morgan fingerprint density at radius 3 is 2.73 bits per heavy atom. The summed E-state index contributed by atoms with van der Waals surface area (Å²) in [5.74, 6) is 0.106. The van der Waals surface area contributed by atoms with Crippen LogP contribution in [0.1, 0.15) is 38.8 Å². The number of aromatic nitrogens is 1. The Bertz CT molecular complexity index is 1080. The third-order valence-corrected chi connectivity index (χ3v) is 6.30. The van der Waals surface area contributed by atoms with E-state index in [-0.39, 0.29) is 17.7 Å². The molecule has 1 aromatic heterocycles. The second-order valence-electron chi connectivity index (χ2n) is 6.91. The summed E-state index contributed by atoms with van der Waals surface area (Å²) in [6, 6.07) is 14.2. The lowest BCUT2D eigenvalue weighted by molar-refractivity contribution is -0.122. The van der Waals surface area contributed by atoms with E-state index in [0.29, 0.717) is 22.3 Å². The Morgan fingerprint density at radius 1 is 1.20 bits per heavy atom. The molecule has 1 atom stereocenters. The molecule has 0 radical (unpaired) electrons. The highest BCUT2D eigenvalue weighted by molar-refractivity contribution is 7.16. The number of fused-ring (bicyclic) bond motifs is 1. The predicted molar refractivity (Wildman–Crippen MR) is 117 cm³/mol. The third kappa shape index (κ3) is 4.32. The normalized spacial score (nSPS) is 14.8. The number of thiazole rings is 1. The van der Waals surface area contributed by atoms with Crippen LogP contribution in [0.25, 0.3) is 0 Å². The minimum atomic E-state index is -0.313. The van der Waals surface area contributed by atoms with E-state index in [9.17, 15) is 9.59 Å². The van der Waals surface area contributed by atoms with Gasteiger partial charge in [-0.2, -0.15) is 0 Å². The topological polar surface area (TPSA) is 80.3 Å². The van der Waals surface area contributed by atoms with Crippen molar-refractivity contribution in [2.75, 3.05) is 12.4 Å². The molecule has 0 bridgehead atoms. The van der Waals surface area contributed by atoms with Crippen molar-refractivity contribution in [1.82, 2.24) is 10.3 Å². The highest BCUT2D eigenvalue weighted by Gasteiger charge is 2.32. The van der Waals surface area contributed by atoms with Gasteiger partial charge in [0, 0.05) is 27.6 Å². The molecular weight excluding hydrogens is 422 g/mol. The van der Waals surface area contributed by atoms with Crippen molar-refractivity contribution in [3.8, 4) is 5.75 Å². The zero-order valence-corrected chi connectivity index (χ0v) is 17.8. The summed E-state index contributed by atoms with van der Waals surface area (Å²) in [7, 11) is 1.61. The first-order valence-corrected chi connectivity index (χ1v) is 10.7. The van der Waals surface area contributed by atoms with Gasteiger partial charge < -0.3 is 10.1 Å². The first-order chi connectivity index (χ1) is 14.5. The largest absolute Gasteiger partial charge is 0.496 e. The van der Waals surface area contributed by atoms with Crippen LogP contribution >= 0.6 is 22.9 Å². The van der Waals surface area contributed by atoms with Crippen molar-refractivity contribution in [2.45, 2.75) is 25.3 Å². The molecule has 0 aliphatic heterocycles. The van der Waals surface area contributed by atoms with Crippen LogP contribution in [0.4, 0.5) is 5.13 Å². The fourth-order valence-electron chi connectivity index (χ4n) is 3.46. The monoisotopic (exact) mass is 441 g/mol. The van der Waals surface area contributed by atoms with Gasteiger partial charge in [0.2, 0.25) is 5.91 Å². The van der Waals surface area contributed by atoms with E-state index in [1.54, 1.807) is 31.4 Å². The minimum Gasteiger partial charge on any atom is -0.496 e. The summed E-state index contributed by atoms with van der Waals surface area (Å²) >= 11 is 7.29. The summed E-state index contributed by atoms with van der Waals surface area (Å²) in [5.41, 5.74) is 2.17. The number of rotatable bonds is 6. The molecule has 2 amide bonds. The van der Waals surface area contributed by atoms with Crippen molar-refractivity contribution in [3.63, 3.8) is 0 Å². The Kier molecular flexibility index (Phi) is 6.01. The average Bonchev–Trinajstić information content (AvgIpc) is 3.32. The van der Waals surface area contributed by atoms with Crippen molar-refractivity contribution in [3.05, 3.63) is 75.3 Å². The van der Waals surface area contributed by atoms with Crippen LogP contribution in [0.3, 0.4) is 0 Å². The maximum Gasteiger partial charge on any atom is 0.257 e. The van der Waals surface area contributed by atoms with Gasteiger partial charge in [0.05, 0.1) is 18.7 Å². The number of benzene rings is 2. The molecule has 0 spiro atoms. The number of methoxy groups -OCH3 is 1. The number of halogens is 1. The highest BCUT2D eigenvalue weighted by atomic mass is 35.5. The lowest BCUT2D eigenvalue weighted by Crippen LogP contribution is -2.28. The van der Waals surface area contributed by atoms with Gasteiger partial charge in [-0.1, -0.05) is 29.8 Å². The number of hydrogen-bond acceptors (Lipinski definition) is 5. The van der Waals surface area contributed by atoms with Gasteiger partial charge >= 0.3 is 0 Å². The van der Waals surface area contributed by atoms with Crippen LogP contribution in [0.15, 0.2) is 48.5 Å². The van der Waals surface area contributed by atoms with E-state index in [1.807, 2.05) is 24.3 Å². The van der Waals surface area contributed by atoms with Gasteiger partial charge in [0.15, 0.2) is 5.13 Å². The first-order valence-electron chi connectivity index (χ1n) is 9.51. The van der Waals surface area contributed by atoms with Crippen molar-refractivity contribution >= 4 is 39.9 Å². The van der Waals surface area contributed by atoms with Crippen LogP contribution in [0.2, 0.25) is 5.02 Å². The average molecular weight is 442 g/mol. The first kappa shape index (κ1) is 20.4. The van der Waals surface area contributed by atoms with Gasteiger partial charge in [0.1, 0.15) is 5.75 Å². The maximum absolute atomic E-state index is 12.8. The minimum absolute atomic E-state index is 0.0690. The van der Waals surface area contributed by atoms with E-state index >= 15 is 0 Å². The third-order valence-electron chi connectivity index (χ3n) is 5.01. The van der Waals surface area contributed by atoms with E-state index in [4.69, 9.17) is 16.3 Å². The number of hydrogen-bond donors (Lipinski definition) is 2. The molecule has 2 N–H and O–H groups in total. The summed E-state index contributed by atoms with van der Waals surface area (Å²) in [6.45, 7) is 0.388. The summed E-state index contributed by atoms with van der Waals surface area (Å²) in [5, 5.41) is 6.87. The molecular formula is C22H20ClN3O3S. The van der Waals surface area contributed by atoms with Crippen molar-refractivity contribution in [2.24, 2.45) is 0 Å². The molecule has 3 aromatic rings. The highest BCUT2D eigenvalue weighted by Crippen LogP contribution is 2.38. The second-order valence-corrected chi connectivity index (χ2v) is 8.43. The van der Waals surface area contributed by atoms with E-state index in [2.05, 4.69) is 15.6 Å². The van der Waals surface area contributed by atoms with E-state index in [1.165, 1.54) is 11.3 Å². The number of carbonyl (C=O) groups excluding carboxylic acids is 2. The van der Waals surface area contributed by atoms with Crippen molar-refractivity contribution < 1.29 is 14.3 Å². The molecule has 0 saturated carbocycles. The fourth-order valence-corrected chi connectivity index (χ4v) is 4.62. The number of carbonyl (C=O) groups is 2. The molecule has 1 heterocycles. The molecule has 30 heavy (non-hydrogen) atoms. The number of para-hydroxylation sites is 1. The number of aryl methyl sites for hydroxylation is 1. The lowest BCUT2D eigenvalue weighted by atomic mass is 10.1. The van der Waals surface area contributed by atoms with E-state index in [0.717, 1.165) is 34.7 Å². The molecule has 8 heteroatoms. The van der Waals surface area contributed by atoms with Gasteiger partial charge in [-0.25, -0.2) is 4.98 Å². The standard InChI is InChI=1S/C22H20ClN3O3S/c1-29-17-5-3-2-4-14(17)12-24-21(28)16-10-11-18-19(16)25-22(30-18)26-20(27)13-6-8-15(23)9-7-13/h2-9,16H,10-12H2,1H3,(H,24,28)(H,25,26,27). The molecule has 154 valence electrons. The van der Waals surface area contributed by atoms with Gasteiger partial charge in [0.25, 0.3) is 5.91 Å². The summed E-state index contributed by atoms with van der Waals surface area (Å²) in [6.07, 6.45) is 1.49. The zero-order valence-electron chi connectivity index (χ0n) is 16.3. The Hall–Kier alpha value is -2.90. The number of anilines is 1. The predicted octanol–water partition coefficient (Wildman–Crippen LogP) is 4.40. The molecule has 4 rings (SSSR count). The van der Waals surface area contributed by atoms with E-state index < -0.39 is 0 Å².